The van der Waals surface area contributed by atoms with E-state index in [1.54, 1.807) is 0 Å². The SMILES string of the molecule is C=CCS(=O)(=O)OOC(=O)CC. The van der Waals surface area contributed by atoms with Crippen LogP contribution in [0, 0.1) is 0 Å². The molecule has 0 N–H and O–H groups in total. The van der Waals surface area contributed by atoms with Gasteiger partial charge in [0, 0.05) is 6.42 Å². The lowest BCUT2D eigenvalue weighted by molar-refractivity contribution is -0.210. The van der Waals surface area contributed by atoms with Crippen LogP contribution in [0.25, 0.3) is 0 Å². The molecule has 0 bridgehead atoms. The summed E-state index contributed by atoms with van der Waals surface area (Å²) in [5.74, 6) is -1.12. The summed E-state index contributed by atoms with van der Waals surface area (Å²) in [5, 5.41) is 0. The molecule has 6 heteroatoms. The molecule has 0 aliphatic heterocycles. The van der Waals surface area contributed by atoms with Gasteiger partial charge in [-0.3, -0.25) is 4.89 Å². The molecule has 0 atom stereocenters. The van der Waals surface area contributed by atoms with E-state index in [-0.39, 0.29) is 12.2 Å². The van der Waals surface area contributed by atoms with Crippen molar-refractivity contribution >= 4 is 16.1 Å². The van der Waals surface area contributed by atoms with Gasteiger partial charge in [-0.15, -0.1) is 6.58 Å². The first-order valence-corrected chi connectivity index (χ1v) is 4.82. The number of hydrogen-bond acceptors (Lipinski definition) is 5. The zero-order valence-electron chi connectivity index (χ0n) is 6.65. The molecule has 0 aromatic carbocycles. The molecule has 0 aliphatic carbocycles. The summed E-state index contributed by atoms with van der Waals surface area (Å²) in [6, 6.07) is 0. The second kappa shape index (κ2) is 4.89. The van der Waals surface area contributed by atoms with Gasteiger partial charge in [-0.2, -0.15) is 8.42 Å². The molecular weight excluding hydrogens is 184 g/mol. The van der Waals surface area contributed by atoms with Gasteiger partial charge in [0.25, 0.3) is 0 Å². The number of carbonyl (C=O) groups excluding carboxylic acids is 1. The Bertz CT molecular complexity index is 253. The van der Waals surface area contributed by atoms with E-state index in [2.05, 4.69) is 15.8 Å². The van der Waals surface area contributed by atoms with E-state index in [9.17, 15) is 13.2 Å². The largest absolute Gasteiger partial charge is 0.343 e. The Hall–Kier alpha value is -0.880. The molecular formula is C6H10O5S. The average molecular weight is 194 g/mol. The van der Waals surface area contributed by atoms with Crippen LogP contribution < -0.4 is 0 Å². The van der Waals surface area contributed by atoms with Crippen molar-refractivity contribution in [2.75, 3.05) is 5.75 Å². The van der Waals surface area contributed by atoms with E-state index in [1.807, 2.05) is 0 Å². The summed E-state index contributed by atoms with van der Waals surface area (Å²) in [7, 11) is -3.80. The van der Waals surface area contributed by atoms with Crippen LogP contribution in [0.5, 0.6) is 0 Å². The summed E-state index contributed by atoms with van der Waals surface area (Å²) in [5.41, 5.74) is 0. The molecule has 0 rings (SSSR count). The third kappa shape index (κ3) is 4.86. The predicted molar refractivity (Wildman–Crippen MR) is 41.5 cm³/mol. The minimum absolute atomic E-state index is 0.0591. The maximum absolute atomic E-state index is 10.7. The van der Waals surface area contributed by atoms with Crippen molar-refractivity contribution in [1.82, 2.24) is 0 Å². The van der Waals surface area contributed by atoms with Crippen molar-refractivity contribution in [3.63, 3.8) is 0 Å². The summed E-state index contributed by atoms with van der Waals surface area (Å²) < 4.78 is 25.2. The first kappa shape index (κ1) is 11.1. The van der Waals surface area contributed by atoms with E-state index in [0.29, 0.717) is 0 Å². The van der Waals surface area contributed by atoms with Crippen LogP contribution in [0.1, 0.15) is 13.3 Å². The van der Waals surface area contributed by atoms with Crippen LogP contribution in [0.15, 0.2) is 12.7 Å². The maximum atomic E-state index is 10.7. The standard InChI is InChI=1S/C6H10O5S/c1-3-5-12(8,9)11-10-6(7)4-2/h3H,1,4-5H2,2H3. The van der Waals surface area contributed by atoms with Crippen molar-refractivity contribution in [2.24, 2.45) is 0 Å². The molecule has 0 aliphatic rings. The third-order valence-corrected chi connectivity index (χ3v) is 1.76. The lowest BCUT2D eigenvalue weighted by Crippen LogP contribution is -2.12. The molecule has 0 saturated heterocycles. The van der Waals surface area contributed by atoms with E-state index in [0.717, 1.165) is 6.08 Å². The fraction of sp³-hybridized carbons (Fsp3) is 0.500. The minimum Gasteiger partial charge on any atom is -0.282 e. The minimum atomic E-state index is -3.80. The van der Waals surface area contributed by atoms with E-state index in [1.165, 1.54) is 6.92 Å². The fourth-order valence-corrected chi connectivity index (χ4v) is 0.845. The van der Waals surface area contributed by atoms with Crippen LogP contribution in [0.4, 0.5) is 0 Å². The molecule has 5 nitrogen and oxygen atoms in total. The van der Waals surface area contributed by atoms with Gasteiger partial charge in [0.2, 0.25) is 0 Å². The fourth-order valence-electron chi connectivity index (χ4n) is 0.321. The van der Waals surface area contributed by atoms with Crippen LogP contribution in [0.2, 0.25) is 0 Å². The molecule has 12 heavy (non-hydrogen) atoms. The van der Waals surface area contributed by atoms with E-state index >= 15 is 0 Å². The first-order chi connectivity index (χ1) is 5.52. The van der Waals surface area contributed by atoms with Gasteiger partial charge in [-0.05, 0) is 0 Å². The lowest BCUT2D eigenvalue weighted by atomic mass is 10.5. The normalized spacial score (nSPS) is 10.8. The van der Waals surface area contributed by atoms with Gasteiger partial charge < -0.3 is 0 Å². The second-order valence-electron chi connectivity index (χ2n) is 1.89. The van der Waals surface area contributed by atoms with Crippen molar-refractivity contribution < 1.29 is 22.4 Å². The Morgan fingerprint density at radius 1 is 1.58 bits per heavy atom. The first-order valence-electron chi connectivity index (χ1n) is 3.24. The Labute approximate surface area is 71.0 Å². The Balaban J connectivity index is 3.92. The van der Waals surface area contributed by atoms with Crippen LogP contribution in [-0.4, -0.2) is 20.1 Å². The number of hydrogen-bond donors (Lipinski definition) is 0. The van der Waals surface area contributed by atoms with Crippen molar-refractivity contribution in [3.05, 3.63) is 12.7 Å². The molecule has 0 heterocycles. The highest BCUT2D eigenvalue weighted by atomic mass is 32.2. The zero-order valence-corrected chi connectivity index (χ0v) is 7.46. The summed E-state index contributed by atoms with van der Waals surface area (Å²) >= 11 is 0. The van der Waals surface area contributed by atoms with E-state index in [4.69, 9.17) is 0 Å². The van der Waals surface area contributed by atoms with Gasteiger partial charge in [-0.1, -0.05) is 17.3 Å². The molecule has 0 amide bonds. The molecule has 0 spiro atoms. The molecule has 0 unspecified atom stereocenters. The Morgan fingerprint density at radius 3 is 2.58 bits per heavy atom. The van der Waals surface area contributed by atoms with Gasteiger partial charge in [0.1, 0.15) is 0 Å². The molecule has 0 aromatic heterocycles. The van der Waals surface area contributed by atoms with Crippen molar-refractivity contribution in [3.8, 4) is 0 Å². The quantitative estimate of drug-likeness (QED) is 0.359. The van der Waals surface area contributed by atoms with Crippen LogP contribution in [-0.2, 0) is 24.1 Å². The number of carbonyl (C=O) groups is 1. The zero-order chi connectivity index (χ0) is 9.61. The summed E-state index contributed by atoms with van der Waals surface area (Å²) in [4.78, 5) is 14.4. The molecule has 0 fully saturated rings. The van der Waals surface area contributed by atoms with Crippen LogP contribution >= 0.6 is 0 Å². The smallest absolute Gasteiger partial charge is 0.282 e. The van der Waals surface area contributed by atoms with Crippen molar-refractivity contribution in [2.45, 2.75) is 13.3 Å². The van der Waals surface area contributed by atoms with E-state index < -0.39 is 16.1 Å². The highest BCUT2D eigenvalue weighted by Crippen LogP contribution is 1.96. The maximum Gasteiger partial charge on any atom is 0.343 e. The Morgan fingerprint density at radius 2 is 2.17 bits per heavy atom. The highest BCUT2D eigenvalue weighted by Gasteiger charge is 2.12. The lowest BCUT2D eigenvalue weighted by Gasteiger charge is -1.99. The predicted octanol–water partition coefficient (Wildman–Crippen LogP) is 0.387. The van der Waals surface area contributed by atoms with Gasteiger partial charge >= 0.3 is 16.1 Å². The second-order valence-corrected chi connectivity index (χ2v) is 3.47. The summed E-state index contributed by atoms with van der Waals surface area (Å²) in [6.07, 6.45) is 1.19. The topological polar surface area (TPSA) is 69.7 Å². The molecule has 0 saturated carbocycles. The molecule has 70 valence electrons. The average Bonchev–Trinajstić information content (AvgIpc) is 2.00. The van der Waals surface area contributed by atoms with Crippen molar-refractivity contribution in [1.29, 1.82) is 0 Å². The molecule has 0 aromatic rings. The molecule has 0 radical (unpaired) electrons. The van der Waals surface area contributed by atoms with Crippen LogP contribution in [0.3, 0.4) is 0 Å². The monoisotopic (exact) mass is 194 g/mol. The Kier molecular flexibility index (Phi) is 4.53. The third-order valence-electron chi connectivity index (χ3n) is 0.841. The number of rotatable bonds is 5. The van der Waals surface area contributed by atoms with Gasteiger partial charge in [0.15, 0.2) is 0 Å². The highest BCUT2D eigenvalue weighted by molar-refractivity contribution is 7.86. The summed E-state index contributed by atoms with van der Waals surface area (Å²) in [6.45, 7) is 4.71. The van der Waals surface area contributed by atoms with Gasteiger partial charge in [-0.25, -0.2) is 4.79 Å². The van der Waals surface area contributed by atoms with Gasteiger partial charge in [0.05, 0.1) is 5.75 Å².